The zero-order valence-corrected chi connectivity index (χ0v) is 11.9. The van der Waals surface area contributed by atoms with Crippen molar-refractivity contribution in [3.8, 4) is 5.88 Å². The van der Waals surface area contributed by atoms with Crippen molar-refractivity contribution in [2.75, 3.05) is 0 Å². The van der Waals surface area contributed by atoms with Crippen LogP contribution in [0.2, 0.25) is 0 Å². The molecule has 0 radical (unpaired) electrons. The van der Waals surface area contributed by atoms with E-state index in [2.05, 4.69) is 15.0 Å². The first-order valence-electron chi connectivity index (χ1n) is 6.93. The molecule has 0 spiro atoms. The number of aromatic nitrogens is 1. The van der Waals surface area contributed by atoms with E-state index in [1.165, 1.54) is 0 Å². The van der Waals surface area contributed by atoms with Gasteiger partial charge in [-0.2, -0.15) is 0 Å². The summed E-state index contributed by atoms with van der Waals surface area (Å²) < 4.78 is 5.88. The van der Waals surface area contributed by atoms with Gasteiger partial charge in [-0.1, -0.05) is 53.6 Å². The average molecular weight is 290 g/mol. The smallest absolute Gasteiger partial charge is 0.221 e. The highest BCUT2D eigenvalue weighted by molar-refractivity contribution is 5.87. The zero-order valence-electron chi connectivity index (χ0n) is 11.9. The van der Waals surface area contributed by atoms with Gasteiger partial charge in [0, 0.05) is 10.3 Å². The highest BCUT2D eigenvalue weighted by Crippen LogP contribution is 2.25. The van der Waals surface area contributed by atoms with E-state index in [0.29, 0.717) is 18.2 Å². The maximum atomic E-state index is 8.46. The Bertz CT molecular complexity index is 826. The summed E-state index contributed by atoms with van der Waals surface area (Å²) in [5.74, 6) is 0.560. The molecule has 0 unspecified atom stereocenters. The fourth-order valence-electron chi connectivity index (χ4n) is 2.24. The Labute approximate surface area is 127 Å². The molecule has 0 amide bonds. The zero-order chi connectivity index (χ0) is 15.2. The summed E-state index contributed by atoms with van der Waals surface area (Å²) in [6.45, 7) is 0.659. The van der Waals surface area contributed by atoms with E-state index in [4.69, 9.17) is 10.3 Å². The summed E-state index contributed by atoms with van der Waals surface area (Å²) in [6, 6.07) is 19.7. The lowest BCUT2D eigenvalue weighted by molar-refractivity contribution is 0.297. The molecule has 1 heterocycles. The SMILES string of the molecule is [N-]=[N+]=NCc1cc2ccccc2c(OCc2ccccc2)n1. The number of azide groups is 1. The molecule has 108 valence electrons. The molecule has 5 heteroatoms. The number of pyridine rings is 1. The number of hydrogen-bond acceptors (Lipinski definition) is 3. The topological polar surface area (TPSA) is 70.9 Å². The largest absolute Gasteiger partial charge is 0.472 e. The van der Waals surface area contributed by atoms with Crippen molar-refractivity contribution in [1.29, 1.82) is 0 Å². The first-order chi connectivity index (χ1) is 10.9. The molecule has 0 atom stereocenters. The molecule has 5 nitrogen and oxygen atoms in total. The predicted molar refractivity (Wildman–Crippen MR) is 85.4 cm³/mol. The first kappa shape index (κ1) is 13.9. The molecule has 0 fully saturated rings. The number of rotatable bonds is 5. The maximum Gasteiger partial charge on any atom is 0.221 e. The molecule has 0 aliphatic carbocycles. The Morgan fingerprint density at radius 2 is 1.82 bits per heavy atom. The Morgan fingerprint density at radius 3 is 2.64 bits per heavy atom. The van der Waals surface area contributed by atoms with Crippen molar-refractivity contribution >= 4 is 10.8 Å². The molecule has 3 rings (SSSR count). The lowest BCUT2D eigenvalue weighted by Gasteiger charge is -2.10. The van der Waals surface area contributed by atoms with Crippen LogP contribution in [0.15, 0.2) is 65.8 Å². The average Bonchev–Trinajstić information content (AvgIpc) is 2.58. The van der Waals surface area contributed by atoms with Crippen LogP contribution < -0.4 is 4.74 Å². The van der Waals surface area contributed by atoms with Gasteiger partial charge in [0.25, 0.3) is 0 Å². The molecule has 22 heavy (non-hydrogen) atoms. The van der Waals surface area contributed by atoms with Crippen LogP contribution in [0.5, 0.6) is 5.88 Å². The minimum Gasteiger partial charge on any atom is -0.472 e. The Kier molecular flexibility index (Phi) is 4.18. The Balaban J connectivity index is 1.93. The maximum absolute atomic E-state index is 8.46. The van der Waals surface area contributed by atoms with E-state index in [1.54, 1.807) is 0 Å². The fraction of sp³-hybridized carbons (Fsp3) is 0.118. The van der Waals surface area contributed by atoms with Gasteiger partial charge in [-0.3, -0.25) is 0 Å². The number of ether oxygens (including phenoxy) is 1. The van der Waals surface area contributed by atoms with E-state index in [-0.39, 0.29) is 6.54 Å². The molecule has 0 bridgehead atoms. The van der Waals surface area contributed by atoms with Crippen LogP contribution in [-0.2, 0) is 13.2 Å². The third kappa shape index (κ3) is 3.16. The lowest BCUT2D eigenvalue weighted by Crippen LogP contribution is -2.00. The Hall–Kier alpha value is -3.04. The molecule has 0 aliphatic rings. The third-order valence-corrected chi connectivity index (χ3v) is 3.27. The summed E-state index contributed by atoms with van der Waals surface area (Å²) in [7, 11) is 0. The predicted octanol–water partition coefficient (Wildman–Crippen LogP) is 4.62. The third-order valence-electron chi connectivity index (χ3n) is 3.27. The van der Waals surface area contributed by atoms with Crippen molar-refractivity contribution < 1.29 is 4.74 Å². The van der Waals surface area contributed by atoms with Crippen LogP contribution in [0.4, 0.5) is 0 Å². The van der Waals surface area contributed by atoms with Gasteiger partial charge in [0.15, 0.2) is 0 Å². The number of fused-ring (bicyclic) bond motifs is 1. The molecule has 0 N–H and O–H groups in total. The van der Waals surface area contributed by atoms with E-state index < -0.39 is 0 Å². The summed E-state index contributed by atoms with van der Waals surface area (Å²) in [4.78, 5) is 7.24. The second kappa shape index (κ2) is 6.61. The van der Waals surface area contributed by atoms with Crippen molar-refractivity contribution in [2.45, 2.75) is 13.2 Å². The van der Waals surface area contributed by atoms with Gasteiger partial charge in [-0.05, 0) is 28.6 Å². The normalized spacial score (nSPS) is 10.2. The highest BCUT2D eigenvalue weighted by atomic mass is 16.5. The molecule has 0 aliphatic heterocycles. The second-order valence-electron chi connectivity index (χ2n) is 4.80. The Morgan fingerprint density at radius 1 is 1.05 bits per heavy atom. The molecule has 0 saturated carbocycles. The van der Waals surface area contributed by atoms with Gasteiger partial charge in [0.05, 0.1) is 12.2 Å². The van der Waals surface area contributed by atoms with Gasteiger partial charge in [-0.15, -0.1) is 0 Å². The van der Waals surface area contributed by atoms with E-state index >= 15 is 0 Å². The van der Waals surface area contributed by atoms with Crippen molar-refractivity contribution in [1.82, 2.24) is 4.98 Å². The quantitative estimate of drug-likeness (QED) is 0.390. The van der Waals surface area contributed by atoms with E-state index in [0.717, 1.165) is 16.3 Å². The molecule has 3 aromatic rings. The number of nitrogens with zero attached hydrogens (tertiary/aromatic N) is 4. The second-order valence-corrected chi connectivity index (χ2v) is 4.80. The van der Waals surface area contributed by atoms with Gasteiger partial charge in [0.1, 0.15) is 6.61 Å². The molecule has 2 aromatic carbocycles. The summed E-state index contributed by atoms with van der Waals surface area (Å²) >= 11 is 0. The number of benzene rings is 2. The van der Waals surface area contributed by atoms with Crippen molar-refractivity contribution in [3.63, 3.8) is 0 Å². The van der Waals surface area contributed by atoms with Gasteiger partial charge in [-0.25, -0.2) is 4.98 Å². The van der Waals surface area contributed by atoms with Crippen LogP contribution >= 0.6 is 0 Å². The van der Waals surface area contributed by atoms with Crippen LogP contribution in [-0.4, -0.2) is 4.98 Å². The summed E-state index contributed by atoms with van der Waals surface area (Å²) in [5.41, 5.74) is 10.2. The van der Waals surface area contributed by atoms with Crippen LogP contribution in [0.25, 0.3) is 21.2 Å². The standard InChI is InChI=1S/C17H14N4O/c18-21-19-11-15-10-14-8-4-5-9-16(14)17(20-15)22-12-13-6-2-1-3-7-13/h1-10H,11-12H2. The number of hydrogen-bond donors (Lipinski definition) is 0. The van der Waals surface area contributed by atoms with Crippen LogP contribution in [0.1, 0.15) is 11.3 Å². The van der Waals surface area contributed by atoms with Crippen molar-refractivity contribution in [2.24, 2.45) is 5.11 Å². The lowest BCUT2D eigenvalue weighted by atomic mass is 10.1. The molecular formula is C17H14N4O. The fourth-order valence-corrected chi connectivity index (χ4v) is 2.24. The molecular weight excluding hydrogens is 276 g/mol. The van der Waals surface area contributed by atoms with Crippen LogP contribution in [0, 0.1) is 0 Å². The van der Waals surface area contributed by atoms with E-state index in [9.17, 15) is 0 Å². The monoisotopic (exact) mass is 290 g/mol. The molecule has 1 aromatic heterocycles. The van der Waals surface area contributed by atoms with Crippen molar-refractivity contribution in [3.05, 3.63) is 82.4 Å². The molecule has 0 saturated heterocycles. The van der Waals surface area contributed by atoms with Crippen LogP contribution in [0.3, 0.4) is 0 Å². The summed E-state index contributed by atoms with van der Waals surface area (Å²) in [6.07, 6.45) is 0. The summed E-state index contributed by atoms with van der Waals surface area (Å²) in [5, 5.41) is 5.54. The van der Waals surface area contributed by atoms with E-state index in [1.807, 2.05) is 60.7 Å². The van der Waals surface area contributed by atoms with Gasteiger partial charge in [0.2, 0.25) is 5.88 Å². The minimum absolute atomic E-state index is 0.211. The van der Waals surface area contributed by atoms with Gasteiger partial charge >= 0.3 is 0 Å². The first-order valence-corrected chi connectivity index (χ1v) is 6.93. The minimum atomic E-state index is 0.211. The highest BCUT2D eigenvalue weighted by Gasteiger charge is 2.07. The van der Waals surface area contributed by atoms with Gasteiger partial charge < -0.3 is 4.74 Å².